The van der Waals surface area contributed by atoms with Crippen LogP contribution in [-0.4, -0.2) is 9.13 Å². The number of nitrogens with zero attached hydrogens (tertiary/aromatic N) is 2. The van der Waals surface area contributed by atoms with Crippen molar-refractivity contribution >= 4 is 43.6 Å². The molecule has 0 bridgehead atoms. The molecule has 2 heterocycles. The predicted octanol–water partition coefficient (Wildman–Crippen LogP) is 10.2. The summed E-state index contributed by atoms with van der Waals surface area (Å²) < 4.78 is 4.92. The van der Waals surface area contributed by atoms with Gasteiger partial charge in [-0.25, -0.2) is 0 Å². The molecule has 0 radical (unpaired) electrons. The summed E-state index contributed by atoms with van der Waals surface area (Å²) in [6, 6.07) is 49.0. The van der Waals surface area contributed by atoms with Gasteiger partial charge in [0.1, 0.15) is 0 Å². The van der Waals surface area contributed by atoms with Crippen LogP contribution in [0.2, 0.25) is 0 Å². The van der Waals surface area contributed by atoms with E-state index in [0.29, 0.717) is 0 Å². The number of benzene rings is 6. The van der Waals surface area contributed by atoms with Crippen LogP contribution >= 0.6 is 0 Å². The Hall–Kier alpha value is -5.08. The van der Waals surface area contributed by atoms with Gasteiger partial charge in [-0.15, -0.1) is 0 Å². The molecule has 2 aromatic heterocycles. The molecular formula is C39H28N2. The van der Waals surface area contributed by atoms with Gasteiger partial charge in [0.05, 0.1) is 27.8 Å². The smallest absolute Gasteiger partial charge is 0.0562 e. The van der Waals surface area contributed by atoms with E-state index in [9.17, 15) is 0 Å². The van der Waals surface area contributed by atoms with Gasteiger partial charge in [0.2, 0.25) is 0 Å². The van der Waals surface area contributed by atoms with Gasteiger partial charge in [-0.05, 0) is 59.2 Å². The number of para-hydroxylation sites is 3. The zero-order valence-corrected chi connectivity index (χ0v) is 23.1. The number of fused-ring (bicyclic) bond motifs is 9. The highest BCUT2D eigenvalue weighted by atomic mass is 15.0. The molecule has 0 spiro atoms. The van der Waals surface area contributed by atoms with Gasteiger partial charge in [-0.2, -0.15) is 0 Å². The van der Waals surface area contributed by atoms with Crippen molar-refractivity contribution in [2.75, 3.05) is 0 Å². The van der Waals surface area contributed by atoms with Crippen molar-refractivity contribution in [2.24, 2.45) is 0 Å². The van der Waals surface area contributed by atoms with Gasteiger partial charge in [0, 0.05) is 38.2 Å². The van der Waals surface area contributed by atoms with Crippen LogP contribution in [0.15, 0.2) is 133 Å². The summed E-state index contributed by atoms with van der Waals surface area (Å²) in [6.07, 6.45) is 0. The summed E-state index contributed by atoms with van der Waals surface area (Å²) >= 11 is 0. The van der Waals surface area contributed by atoms with Crippen LogP contribution in [0, 0.1) is 0 Å². The fraction of sp³-hybridized carbons (Fsp3) is 0.0769. The SMILES string of the molecule is CC1(C)c2ccccc2-c2c(-n3c4ccccc4c4cc5c6ccccc6n(-c6ccccc6)c5cc43)cccc21. The Balaban J connectivity index is 1.47. The second kappa shape index (κ2) is 7.99. The minimum Gasteiger partial charge on any atom is -0.309 e. The van der Waals surface area contributed by atoms with Gasteiger partial charge >= 0.3 is 0 Å². The summed E-state index contributed by atoms with van der Waals surface area (Å²) in [7, 11) is 0. The Morgan fingerprint density at radius 3 is 1.78 bits per heavy atom. The van der Waals surface area contributed by atoms with Crippen molar-refractivity contribution < 1.29 is 0 Å². The number of aromatic nitrogens is 2. The summed E-state index contributed by atoms with van der Waals surface area (Å²) in [6.45, 7) is 4.71. The highest BCUT2D eigenvalue weighted by molar-refractivity contribution is 6.19. The maximum Gasteiger partial charge on any atom is 0.0562 e. The van der Waals surface area contributed by atoms with Crippen LogP contribution in [0.1, 0.15) is 25.0 Å². The molecule has 9 rings (SSSR count). The Morgan fingerprint density at radius 2 is 1.02 bits per heavy atom. The van der Waals surface area contributed by atoms with Gasteiger partial charge in [-0.3, -0.25) is 0 Å². The minimum absolute atomic E-state index is 0.0479. The highest BCUT2D eigenvalue weighted by Gasteiger charge is 2.37. The summed E-state index contributed by atoms with van der Waals surface area (Å²) in [5.74, 6) is 0. The molecule has 1 aliphatic carbocycles. The third kappa shape index (κ3) is 2.92. The molecule has 194 valence electrons. The maximum absolute atomic E-state index is 2.51. The first-order valence-corrected chi connectivity index (χ1v) is 14.4. The minimum atomic E-state index is -0.0479. The van der Waals surface area contributed by atoms with E-state index in [1.165, 1.54) is 77.2 Å². The molecule has 6 aromatic carbocycles. The van der Waals surface area contributed by atoms with Crippen molar-refractivity contribution in [1.29, 1.82) is 0 Å². The third-order valence-corrected chi connectivity index (χ3v) is 9.31. The van der Waals surface area contributed by atoms with E-state index in [1.54, 1.807) is 0 Å². The van der Waals surface area contributed by atoms with Crippen LogP contribution in [0.5, 0.6) is 0 Å². The van der Waals surface area contributed by atoms with Gasteiger partial charge < -0.3 is 9.13 Å². The predicted molar refractivity (Wildman–Crippen MR) is 173 cm³/mol. The largest absolute Gasteiger partial charge is 0.309 e. The normalized spacial score (nSPS) is 13.8. The highest BCUT2D eigenvalue weighted by Crippen LogP contribution is 2.52. The van der Waals surface area contributed by atoms with Crippen molar-refractivity contribution in [2.45, 2.75) is 19.3 Å². The molecule has 0 unspecified atom stereocenters. The van der Waals surface area contributed by atoms with Crippen molar-refractivity contribution in [3.8, 4) is 22.5 Å². The van der Waals surface area contributed by atoms with Crippen LogP contribution in [0.4, 0.5) is 0 Å². The lowest BCUT2D eigenvalue weighted by Crippen LogP contribution is -2.14. The van der Waals surface area contributed by atoms with Crippen LogP contribution in [0.25, 0.3) is 66.1 Å². The average molecular weight is 525 g/mol. The van der Waals surface area contributed by atoms with E-state index in [2.05, 4.69) is 156 Å². The molecular weight excluding hydrogens is 496 g/mol. The summed E-state index contributed by atoms with van der Waals surface area (Å²) in [5, 5.41) is 5.13. The van der Waals surface area contributed by atoms with Crippen LogP contribution in [0.3, 0.4) is 0 Å². The summed E-state index contributed by atoms with van der Waals surface area (Å²) in [5.41, 5.74) is 12.8. The Bertz CT molecular complexity index is 2330. The number of rotatable bonds is 2. The van der Waals surface area contributed by atoms with Gasteiger partial charge in [0.15, 0.2) is 0 Å². The molecule has 2 nitrogen and oxygen atoms in total. The Morgan fingerprint density at radius 1 is 0.439 bits per heavy atom. The lowest BCUT2D eigenvalue weighted by Gasteiger charge is -2.22. The second-order valence-corrected chi connectivity index (χ2v) is 11.8. The monoisotopic (exact) mass is 524 g/mol. The van der Waals surface area contributed by atoms with E-state index in [-0.39, 0.29) is 5.41 Å². The van der Waals surface area contributed by atoms with Gasteiger partial charge in [-0.1, -0.05) is 105 Å². The summed E-state index contributed by atoms with van der Waals surface area (Å²) in [4.78, 5) is 0. The molecule has 0 N–H and O–H groups in total. The standard InChI is InChI=1S/C39H28N2/c1-39(2)31-18-9-6-17-28(31)38-32(39)19-12-22-35(38)41-34-21-11-8-16-27(34)30-23-29-26-15-7-10-20-33(26)40(36(29)24-37(30)41)25-13-4-3-5-14-25/h3-24H,1-2H3. The van der Waals surface area contributed by atoms with E-state index in [0.717, 1.165) is 0 Å². The Labute approximate surface area is 238 Å². The van der Waals surface area contributed by atoms with Gasteiger partial charge in [0.25, 0.3) is 0 Å². The molecule has 0 saturated carbocycles. The Kier molecular flexibility index (Phi) is 4.42. The fourth-order valence-electron chi connectivity index (χ4n) is 7.47. The molecule has 0 atom stereocenters. The number of hydrogen-bond donors (Lipinski definition) is 0. The zero-order valence-electron chi connectivity index (χ0n) is 23.1. The van der Waals surface area contributed by atoms with Crippen molar-refractivity contribution in [1.82, 2.24) is 9.13 Å². The first-order chi connectivity index (χ1) is 20.1. The third-order valence-electron chi connectivity index (χ3n) is 9.31. The molecule has 0 saturated heterocycles. The topological polar surface area (TPSA) is 9.86 Å². The quantitative estimate of drug-likeness (QED) is 0.213. The number of hydrogen-bond acceptors (Lipinski definition) is 0. The maximum atomic E-state index is 2.51. The van der Waals surface area contributed by atoms with E-state index < -0.39 is 0 Å². The molecule has 1 aliphatic rings. The molecule has 0 amide bonds. The van der Waals surface area contributed by atoms with Crippen LogP contribution in [-0.2, 0) is 5.41 Å². The fourth-order valence-corrected chi connectivity index (χ4v) is 7.47. The van der Waals surface area contributed by atoms with E-state index in [1.807, 2.05) is 0 Å². The van der Waals surface area contributed by atoms with Crippen LogP contribution < -0.4 is 0 Å². The molecule has 2 heteroatoms. The average Bonchev–Trinajstić information content (AvgIpc) is 3.60. The first kappa shape index (κ1) is 22.7. The molecule has 41 heavy (non-hydrogen) atoms. The first-order valence-electron chi connectivity index (χ1n) is 14.4. The van der Waals surface area contributed by atoms with Crippen molar-refractivity contribution in [3.05, 3.63) is 145 Å². The van der Waals surface area contributed by atoms with E-state index in [4.69, 9.17) is 0 Å². The van der Waals surface area contributed by atoms with Crippen molar-refractivity contribution in [3.63, 3.8) is 0 Å². The molecule has 8 aromatic rings. The van der Waals surface area contributed by atoms with E-state index >= 15 is 0 Å². The zero-order chi connectivity index (χ0) is 27.3. The molecule has 0 aliphatic heterocycles. The second-order valence-electron chi connectivity index (χ2n) is 11.8. The lowest BCUT2D eigenvalue weighted by molar-refractivity contribution is 0.660. The lowest BCUT2D eigenvalue weighted by atomic mass is 9.82. The molecule has 0 fully saturated rings.